The maximum absolute atomic E-state index is 11.9. The summed E-state index contributed by atoms with van der Waals surface area (Å²) >= 11 is 0. The second-order valence-corrected chi connectivity index (χ2v) is 3.86. The molecule has 0 aromatic rings. The Bertz CT molecular complexity index is 241. The molecular weight excluding hydrogens is 208 g/mol. The quantitative estimate of drug-likeness (QED) is 0.533. The molecule has 0 aliphatic rings. The third-order valence-corrected chi connectivity index (χ3v) is 2.18. The van der Waals surface area contributed by atoms with Crippen molar-refractivity contribution >= 4 is 11.9 Å². The number of nitrogens with two attached hydrogens (primary N) is 1. The molecule has 0 saturated carbocycles. The minimum Gasteiger partial charge on any atom is -0.464 e. The summed E-state index contributed by atoms with van der Waals surface area (Å²) in [5.41, 5.74) is 5.55. The number of carbonyl (C=O) groups excluding carboxylic acids is 2. The first-order valence-corrected chi connectivity index (χ1v) is 5.68. The van der Waals surface area contributed by atoms with Crippen molar-refractivity contribution in [2.75, 3.05) is 13.2 Å². The van der Waals surface area contributed by atoms with Gasteiger partial charge in [0.05, 0.1) is 6.61 Å². The summed E-state index contributed by atoms with van der Waals surface area (Å²) in [6, 6.07) is -1.16. The Labute approximate surface area is 96.9 Å². The van der Waals surface area contributed by atoms with E-state index in [1.807, 2.05) is 20.8 Å². The average Bonchev–Trinajstić information content (AvgIpc) is 2.23. The van der Waals surface area contributed by atoms with Gasteiger partial charge < -0.3 is 15.4 Å². The number of nitrogens with zero attached hydrogens (tertiary/aromatic N) is 1. The van der Waals surface area contributed by atoms with Gasteiger partial charge in [-0.05, 0) is 27.2 Å². The lowest BCUT2D eigenvalue weighted by Gasteiger charge is -2.28. The fourth-order valence-corrected chi connectivity index (χ4v) is 1.38. The van der Waals surface area contributed by atoms with Gasteiger partial charge in [-0.25, -0.2) is 4.79 Å². The van der Waals surface area contributed by atoms with Crippen molar-refractivity contribution in [1.29, 1.82) is 0 Å². The van der Waals surface area contributed by atoms with Crippen LogP contribution in [0.1, 0.15) is 34.1 Å². The number of amides is 1. The molecule has 1 atom stereocenters. The van der Waals surface area contributed by atoms with Crippen molar-refractivity contribution in [3.63, 3.8) is 0 Å². The number of hydrogen-bond acceptors (Lipinski definition) is 4. The van der Waals surface area contributed by atoms with Gasteiger partial charge in [0.15, 0.2) is 6.04 Å². The fourth-order valence-electron chi connectivity index (χ4n) is 1.38. The van der Waals surface area contributed by atoms with Crippen LogP contribution >= 0.6 is 0 Å². The van der Waals surface area contributed by atoms with Gasteiger partial charge in [0, 0.05) is 12.6 Å². The van der Waals surface area contributed by atoms with Crippen LogP contribution in [0.4, 0.5) is 0 Å². The molecule has 1 amide bonds. The molecule has 0 aromatic carbocycles. The van der Waals surface area contributed by atoms with E-state index in [1.165, 1.54) is 0 Å². The standard InChI is InChI=1S/C11H22N2O3/c1-5-7-13(8(3)4)10(14)9(12)11(15)16-6-2/h8-9H,5-7,12H2,1-4H3. The minimum atomic E-state index is -1.20. The second-order valence-electron chi connectivity index (χ2n) is 3.86. The molecule has 0 rings (SSSR count). The van der Waals surface area contributed by atoms with E-state index in [2.05, 4.69) is 0 Å². The van der Waals surface area contributed by atoms with E-state index in [9.17, 15) is 9.59 Å². The zero-order valence-electron chi connectivity index (χ0n) is 10.5. The van der Waals surface area contributed by atoms with Crippen LogP contribution in [0.3, 0.4) is 0 Å². The molecule has 0 aliphatic carbocycles. The zero-order chi connectivity index (χ0) is 12.7. The fraction of sp³-hybridized carbons (Fsp3) is 0.818. The molecular formula is C11H22N2O3. The normalized spacial score (nSPS) is 12.4. The maximum atomic E-state index is 11.9. The van der Waals surface area contributed by atoms with Crippen LogP contribution < -0.4 is 5.73 Å². The van der Waals surface area contributed by atoms with E-state index >= 15 is 0 Å². The van der Waals surface area contributed by atoms with Crippen molar-refractivity contribution in [2.45, 2.75) is 46.2 Å². The molecule has 16 heavy (non-hydrogen) atoms. The van der Waals surface area contributed by atoms with Gasteiger partial charge >= 0.3 is 5.97 Å². The van der Waals surface area contributed by atoms with Crippen molar-refractivity contribution in [2.24, 2.45) is 5.73 Å². The molecule has 0 aromatic heterocycles. The first-order valence-electron chi connectivity index (χ1n) is 5.68. The van der Waals surface area contributed by atoms with E-state index in [4.69, 9.17) is 10.5 Å². The third kappa shape index (κ3) is 4.18. The Morgan fingerprint density at radius 2 is 1.88 bits per heavy atom. The van der Waals surface area contributed by atoms with E-state index in [0.29, 0.717) is 6.54 Å². The van der Waals surface area contributed by atoms with E-state index in [-0.39, 0.29) is 18.6 Å². The van der Waals surface area contributed by atoms with Crippen LogP contribution in [-0.4, -0.2) is 42.0 Å². The van der Waals surface area contributed by atoms with Crippen LogP contribution in [-0.2, 0) is 14.3 Å². The summed E-state index contributed by atoms with van der Waals surface area (Å²) in [6.45, 7) is 8.27. The molecule has 0 bridgehead atoms. The van der Waals surface area contributed by atoms with Crippen LogP contribution in [0, 0.1) is 0 Å². The lowest BCUT2D eigenvalue weighted by atomic mass is 10.2. The lowest BCUT2D eigenvalue weighted by Crippen LogP contribution is -2.51. The van der Waals surface area contributed by atoms with E-state index in [0.717, 1.165) is 6.42 Å². The number of rotatable bonds is 6. The highest BCUT2D eigenvalue weighted by molar-refractivity contribution is 6.01. The smallest absolute Gasteiger partial charge is 0.332 e. The predicted molar refractivity (Wildman–Crippen MR) is 61.7 cm³/mol. The largest absolute Gasteiger partial charge is 0.464 e. The molecule has 0 heterocycles. The topological polar surface area (TPSA) is 72.6 Å². The first-order chi connectivity index (χ1) is 7.45. The van der Waals surface area contributed by atoms with Crippen molar-refractivity contribution in [3.8, 4) is 0 Å². The SMILES string of the molecule is CCCN(C(=O)C(N)C(=O)OCC)C(C)C. The van der Waals surface area contributed by atoms with Gasteiger partial charge in [-0.15, -0.1) is 0 Å². The molecule has 0 radical (unpaired) electrons. The van der Waals surface area contributed by atoms with Gasteiger partial charge in [0.1, 0.15) is 0 Å². The summed E-state index contributed by atoms with van der Waals surface area (Å²) < 4.78 is 4.72. The number of hydrogen-bond donors (Lipinski definition) is 1. The van der Waals surface area contributed by atoms with Crippen molar-refractivity contribution < 1.29 is 14.3 Å². The van der Waals surface area contributed by atoms with Crippen LogP contribution in [0.5, 0.6) is 0 Å². The van der Waals surface area contributed by atoms with Gasteiger partial charge in [0.25, 0.3) is 5.91 Å². The highest BCUT2D eigenvalue weighted by Crippen LogP contribution is 2.03. The summed E-state index contributed by atoms with van der Waals surface area (Å²) in [7, 11) is 0. The summed E-state index contributed by atoms with van der Waals surface area (Å²) in [6.07, 6.45) is 0.833. The molecule has 0 spiro atoms. The second kappa shape index (κ2) is 7.22. The number of esters is 1. The number of carbonyl (C=O) groups is 2. The van der Waals surface area contributed by atoms with E-state index in [1.54, 1.807) is 11.8 Å². The minimum absolute atomic E-state index is 0.0351. The monoisotopic (exact) mass is 230 g/mol. The van der Waals surface area contributed by atoms with Crippen LogP contribution in [0.25, 0.3) is 0 Å². The average molecular weight is 230 g/mol. The highest BCUT2D eigenvalue weighted by atomic mass is 16.5. The molecule has 2 N–H and O–H groups in total. The highest BCUT2D eigenvalue weighted by Gasteiger charge is 2.29. The first kappa shape index (κ1) is 14.9. The van der Waals surface area contributed by atoms with Crippen molar-refractivity contribution in [3.05, 3.63) is 0 Å². The Hall–Kier alpha value is -1.10. The van der Waals surface area contributed by atoms with Gasteiger partial charge in [-0.2, -0.15) is 0 Å². The Balaban J connectivity index is 4.54. The number of ether oxygens (including phenoxy) is 1. The molecule has 5 heteroatoms. The van der Waals surface area contributed by atoms with Gasteiger partial charge in [-0.3, -0.25) is 4.79 Å². The van der Waals surface area contributed by atoms with Crippen LogP contribution in [0.15, 0.2) is 0 Å². The van der Waals surface area contributed by atoms with Gasteiger partial charge in [-0.1, -0.05) is 6.92 Å². The molecule has 1 unspecified atom stereocenters. The van der Waals surface area contributed by atoms with Gasteiger partial charge in [0.2, 0.25) is 0 Å². The zero-order valence-corrected chi connectivity index (χ0v) is 10.5. The summed E-state index contributed by atoms with van der Waals surface area (Å²) in [5.74, 6) is -1.02. The molecule has 0 saturated heterocycles. The Morgan fingerprint density at radius 3 is 2.25 bits per heavy atom. The predicted octanol–water partition coefficient (Wildman–Crippen LogP) is 0.524. The molecule has 5 nitrogen and oxygen atoms in total. The Kier molecular flexibility index (Phi) is 6.72. The lowest BCUT2D eigenvalue weighted by molar-refractivity contribution is -0.151. The third-order valence-electron chi connectivity index (χ3n) is 2.18. The molecule has 94 valence electrons. The van der Waals surface area contributed by atoms with Crippen molar-refractivity contribution in [1.82, 2.24) is 4.90 Å². The Morgan fingerprint density at radius 1 is 1.31 bits per heavy atom. The maximum Gasteiger partial charge on any atom is 0.332 e. The molecule has 0 fully saturated rings. The summed E-state index contributed by atoms with van der Waals surface area (Å²) in [5, 5.41) is 0. The molecule has 0 aliphatic heterocycles. The van der Waals surface area contributed by atoms with E-state index < -0.39 is 12.0 Å². The van der Waals surface area contributed by atoms with Crippen LogP contribution in [0.2, 0.25) is 0 Å². The summed E-state index contributed by atoms with van der Waals surface area (Å²) in [4.78, 5) is 24.8.